The van der Waals surface area contributed by atoms with Crippen molar-refractivity contribution in [2.45, 2.75) is 81.2 Å². The third kappa shape index (κ3) is 3.16. The summed E-state index contributed by atoms with van der Waals surface area (Å²) in [5.74, 6) is 1.23. The highest BCUT2D eigenvalue weighted by Gasteiger charge is 2.53. The van der Waals surface area contributed by atoms with Crippen LogP contribution in [0.3, 0.4) is 0 Å². The van der Waals surface area contributed by atoms with Gasteiger partial charge in [0.05, 0.1) is 5.92 Å². The van der Waals surface area contributed by atoms with Gasteiger partial charge in [0.2, 0.25) is 11.8 Å². The first kappa shape index (κ1) is 19.9. The standard InChI is InChI=1S/C25H31N5O2/c31-23(20-8-3-7-19(20)22-26-15-27-29-22)28-17-13-25(11-4-12-25)30(14-17)24(32)21-10-9-16-5-1-2-6-18(16)21/h1-2,5-6,15,17,19-21H,3-4,7-14H2,(H,28,31)(H,26,27,29)/t17?,19-,20+,21?/m0/s1. The number of nitrogens with one attached hydrogen (secondary N) is 2. The number of carbonyl (C=O) groups is 2. The molecule has 168 valence electrons. The molecule has 7 nitrogen and oxygen atoms in total. The Labute approximate surface area is 188 Å². The molecule has 2 saturated carbocycles. The molecule has 1 saturated heterocycles. The summed E-state index contributed by atoms with van der Waals surface area (Å²) in [5, 5.41) is 10.3. The lowest BCUT2D eigenvalue weighted by atomic mass is 9.74. The third-order valence-corrected chi connectivity index (χ3v) is 8.57. The van der Waals surface area contributed by atoms with Crippen LogP contribution in [0.1, 0.15) is 80.2 Å². The molecular formula is C25H31N5O2. The minimum atomic E-state index is -0.0632. The van der Waals surface area contributed by atoms with E-state index in [1.54, 1.807) is 0 Å². The molecule has 2 unspecified atom stereocenters. The molecule has 2 aromatic rings. The maximum absolute atomic E-state index is 13.7. The van der Waals surface area contributed by atoms with Crippen LogP contribution in [0.2, 0.25) is 0 Å². The number of carbonyl (C=O) groups excluding carboxylic acids is 2. The first-order valence-corrected chi connectivity index (χ1v) is 12.2. The Hall–Kier alpha value is -2.70. The molecule has 2 heterocycles. The summed E-state index contributed by atoms with van der Waals surface area (Å²) < 4.78 is 0. The number of H-pyrrole nitrogens is 1. The average molecular weight is 434 g/mol. The number of fused-ring (bicyclic) bond motifs is 1. The van der Waals surface area contributed by atoms with E-state index < -0.39 is 0 Å². The summed E-state index contributed by atoms with van der Waals surface area (Å²) in [7, 11) is 0. The number of likely N-dealkylation sites (tertiary alicyclic amines) is 1. The molecular weight excluding hydrogens is 402 g/mol. The maximum Gasteiger partial charge on any atom is 0.230 e. The van der Waals surface area contributed by atoms with Crippen molar-refractivity contribution in [2.24, 2.45) is 5.92 Å². The molecule has 4 atom stereocenters. The molecule has 4 aliphatic rings. The number of hydrogen-bond acceptors (Lipinski definition) is 4. The van der Waals surface area contributed by atoms with Gasteiger partial charge < -0.3 is 10.2 Å². The zero-order chi connectivity index (χ0) is 21.7. The van der Waals surface area contributed by atoms with Crippen molar-refractivity contribution in [2.75, 3.05) is 6.54 Å². The van der Waals surface area contributed by atoms with Gasteiger partial charge in [-0.15, -0.1) is 0 Å². The summed E-state index contributed by atoms with van der Waals surface area (Å²) in [4.78, 5) is 33.4. The number of aromatic amines is 1. The van der Waals surface area contributed by atoms with Crippen LogP contribution < -0.4 is 5.32 Å². The van der Waals surface area contributed by atoms with Gasteiger partial charge in [-0.25, -0.2) is 4.98 Å². The molecule has 2 N–H and O–H groups in total. The van der Waals surface area contributed by atoms with Gasteiger partial charge >= 0.3 is 0 Å². The molecule has 3 aliphatic carbocycles. The van der Waals surface area contributed by atoms with Crippen LogP contribution in [0.5, 0.6) is 0 Å². The minimum Gasteiger partial charge on any atom is -0.351 e. The van der Waals surface area contributed by atoms with E-state index in [4.69, 9.17) is 0 Å². The van der Waals surface area contributed by atoms with Gasteiger partial charge in [0.1, 0.15) is 12.2 Å². The van der Waals surface area contributed by atoms with E-state index in [0.717, 1.165) is 57.2 Å². The second-order valence-corrected chi connectivity index (χ2v) is 10.2. The molecule has 1 aromatic carbocycles. The number of hydrogen-bond donors (Lipinski definition) is 2. The summed E-state index contributed by atoms with van der Waals surface area (Å²) >= 11 is 0. The van der Waals surface area contributed by atoms with Crippen molar-refractivity contribution >= 4 is 11.8 Å². The van der Waals surface area contributed by atoms with Crippen LogP contribution in [-0.2, 0) is 16.0 Å². The summed E-state index contributed by atoms with van der Waals surface area (Å²) in [6.07, 6.45) is 10.5. The van der Waals surface area contributed by atoms with E-state index in [2.05, 4.69) is 43.6 Å². The SMILES string of the molecule is O=C(NC1CN(C(=O)C2CCc3ccccc32)C2(CCC2)C1)[C@@H]1CCC[C@@H]1c1ncn[nH]1. The Morgan fingerprint density at radius 3 is 2.78 bits per heavy atom. The first-order chi connectivity index (χ1) is 15.6. The van der Waals surface area contributed by atoms with E-state index in [-0.39, 0.29) is 41.1 Å². The van der Waals surface area contributed by atoms with Crippen LogP contribution in [0, 0.1) is 5.92 Å². The second kappa shape index (κ2) is 7.71. The Bertz CT molecular complexity index is 1020. The van der Waals surface area contributed by atoms with E-state index in [1.165, 1.54) is 23.9 Å². The Balaban J connectivity index is 1.17. The van der Waals surface area contributed by atoms with Crippen molar-refractivity contribution in [3.8, 4) is 0 Å². The van der Waals surface area contributed by atoms with Gasteiger partial charge in [-0.3, -0.25) is 14.7 Å². The number of aryl methyl sites for hydroxylation is 1. The van der Waals surface area contributed by atoms with Gasteiger partial charge in [0.25, 0.3) is 0 Å². The fraction of sp³-hybridized carbons (Fsp3) is 0.600. The number of rotatable bonds is 4. The van der Waals surface area contributed by atoms with Gasteiger partial charge in [-0.2, -0.15) is 5.10 Å². The third-order valence-electron chi connectivity index (χ3n) is 8.57. The first-order valence-electron chi connectivity index (χ1n) is 12.2. The lowest BCUT2D eigenvalue weighted by molar-refractivity contribution is -0.140. The molecule has 3 fully saturated rings. The van der Waals surface area contributed by atoms with Gasteiger partial charge in [-0.1, -0.05) is 30.7 Å². The summed E-state index contributed by atoms with van der Waals surface area (Å²) in [6.45, 7) is 0.642. The lowest BCUT2D eigenvalue weighted by Gasteiger charge is -2.46. The summed E-state index contributed by atoms with van der Waals surface area (Å²) in [6, 6.07) is 8.43. The normalized spacial score (nSPS) is 30.3. The van der Waals surface area contributed by atoms with E-state index >= 15 is 0 Å². The number of aromatic nitrogens is 3. The minimum absolute atomic E-state index is 0.0243. The van der Waals surface area contributed by atoms with Crippen molar-refractivity contribution in [1.82, 2.24) is 25.4 Å². The molecule has 0 bridgehead atoms. The van der Waals surface area contributed by atoms with Gasteiger partial charge in [0.15, 0.2) is 0 Å². The highest BCUT2D eigenvalue weighted by molar-refractivity contribution is 5.86. The van der Waals surface area contributed by atoms with Gasteiger partial charge in [-0.05, 0) is 62.5 Å². The van der Waals surface area contributed by atoms with Crippen LogP contribution in [0.25, 0.3) is 0 Å². The maximum atomic E-state index is 13.7. The number of amides is 2. The lowest BCUT2D eigenvalue weighted by Crippen LogP contribution is -2.53. The van der Waals surface area contributed by atoms with E-state index in [9.17, 15) is 9.59 Å². The fourth-order valence-electron chi connectivity index (χ4n) is 6.83. The Morgan fingerprint density at radius 1 is 1.12 bits per heavy atom. The van der Waals surface area contributed by atoms with Crippen molar-refractivity contribution in [3.05, 3.63) is 47.5 Å². The fourth-order valence-corrected chi connectivity index (χ4v) is 6.83. The molecule has 2 amide bonds. The average Bonchev–Trinajstić information content (AvgIpc) is 3.57. The van der Waals surface area contributed by atoms with E-state index in [0.29, 0.717) is 6.54 Å². The largest absolute Gasteiger partial charge is 0.351 e. The van der Waals surface area contributed by atoms with Crippen molar-refractivity contribution in [1.29, 1.82) is 0 Å². The molecule has 1 aromatic heterocycles. The Kier molecular flexibility index (Phi) is 4.81. The van der Waals surface area contributed by atoms with Crippen LogP contribution in [-0.4, -0.2) is 50.0 Å². The van der Waals surface area contributed by atoms with E-state index in [1.807, 2.05) is 6.07 Å². The quantitative estimate of drug-likeness (QED) is 0.775. The predicted octanol–water partition coefficient (Wildman–Crippen LogP) is 3.06. The molecule has 1 spiro atoms. The van der Waals surface area contributed by atoms with Crippen LogP contribution in [0.4, 0.5) is 0 Å². The highest BCUT2D eigenvalue weighted by atomic mass is 16.2. The molecule has 32 heavy (non-hydrogen) atoms. The second-order valence-electron chi connectivity index (χ2n) is 10.2. The van der Waals surface area contributed by atoms with Crippen molar-refractivity contribution < 1.29 is 9.59 Å². The van der Waals surface area contributed by atoms with Crippen LogP contribution in [0.15, 0.2) is 30.6 Å². The monoisotopic (exact) mass is 433 g/mol. The van der Waals surface area contributed by atoms with Crippen LogP contribution >= 0.6 is 0 Å². The molecule has 7 heteroatoms. The zero-order valence-electron chi connectivity index (χ0n) is 18.4. The Morgan fingerprint density at radius 2 is 2.00 bits per heavy atom. The number of nitrogens with zero attached hydrogens (tertiary/aromatic N) is 3. The zero-order valence-corrected chi connectivity index (χ0v) is 18.4. The molecule has 1 aliphatic heterocycles. The predicted molar refractivity (Wildman–Crippen MR) is 119 cm³/mol. The van der Waals surface area contributed by atoms with Crippen molar-refractivity contribution in [3.63, 3.8) is 0 Å². The molecule has 0 radical (unpaired) electrons. The smallest absolute Gasteiger partial charge is 0.230 e. The number of benzene rings is 1. The highest BCUT2D eigenvalue weighted by Crippen LogP contribution is 2.48. The topological polar surface area (TPSA) is 91.0 Å². The summed E-state index contributed by atoms with van der Waals surface area (Å²) in [5.41, 5.74) is 2.48. The molecule has 6 rings (SSSR count). The van der Waals surface area contributed by atoms with Gasteiger partial charge in [0, 0.05) is 30.0 Å².